The first-order valence-electron chi connectivity index (χ1n) is 6.93. The number of amides is 2. The second kappa shape index (κ2) is 4.80. The van der Waals surface area contributed by atoms with Crippen molar-refractivity contribution in [3.8, 4) is 0 Å². The standard InChI is InChI=1S/C15H17N3O2S/c1-8-6-10(9(2)18(8)11-4-5-11)7-12-13(19)16-15(21)17(3)14(12)20/h6-7,11H,4-5H2,1-3H3,(H,16,19,21)/b12-7-. The summed E-state index contributed by atoms with van der Waals surface area (Å²) >= 11 is 4.94. The molecule has 1 aromatic rings. The van der Waals surface area contributed by atoms with Gasteiger partial charge in [0.1, 0.15) is 5.57 Å². The molecule has 5 nitrogen and oxygen atoms in total. The summed E-state index contributed by atoms with van der Waals surface area (Å²) in [5, 5.41) is 2.67. The third-order valence-electron chi connectivity index (χ3n) is 4.04. The molecule has 2 heterocycles. The SMILES string of the molecule is Cc1cc(/C=C2/C(=O)NC(=S)N(C)C2=O)c(C)n1C1CC1. The van der Waals surface area contributed by atoms with Crippen LogP contribution in [-0.4, -0.2) is 33.4 Å². The topological polar surface area (TPSA) is 54.3 Å². The lowest BCUT2D eigenvalue weighted by molar-refractivity contribution is -0.128. The second-order valence-corrected chi connectivity index (χ2v) is 6.00. The quantitative estimate of drug-likeness (QED) is 0.514. The number of hydrogen-bond donors (Lipinski definition) is 1. The number of rotatable bonds is 2. The highest BCUT2D eigenvalue weighted by molar-refractivity contribution is 7.80. The van der Waals surface area contributed by atoms with E-state index in [9.17, 15) is 9.59 Å². The van der Waals surface area contributed by atoms with Crippen LogP contribution in [0, 0.1) is 13.8 Å². The normalized spacial score (nSPS) is 21.2. The van der Waals surface area contributed by atoms with Crippen molar-refractivity contribution in [2.75, 3.05) is 7.05 Å². The largest absolute Gasteiger partial charge is 0.346 e. The van der Waals surface area contributed by atoms with Crippen LogP contribution in [0.3, 0.4) is 0 Å². The number of carbonyl (C=O) groups excluding carboxylic acids is 2. The Hall–Kier alpha value is -1.95. The van der Waals surface area contributed by atoms with E-state index in [1.54, 1.807) is 13.1 Å². The number of nitrogens with one attached hydrogen (secondary N) is 1. The molecule has 1 N–H and O–H groups in total. The Labute approximate surface area is 128 Å². The smallest absolute Gasteiger partial charge is 0.265 e. The van der Waals surface area contributed by atoms with Crippen molar-refractivity contribution in [3.05, 3.63) is 28.6 Å². The van der Waals surface area contributed by atoms with Gasteiger partial charge in [-0.2, -0.15) is 0 Å². The molecular weight excluding hydrogens is 286 g/mol. The Morgan fingerprint density at radius 3 is 2.62 bits per heavy atom. The average molecular weight is 303 g/mol. The molecule has 110 valence electrons. The average Bonchev–Trinajstić information content (AvgIpc) is 3.20. The molecule has 1 saturated heterocycles. The number of carbonyl (C=O) groups is 2. The van der Waals surface area contributed by atoms with Crippen LogP contribution in [0.15, 0.2) is 11.6 Å². The summed E-state index contributed by atoms with van der Waals surface area (Å²) in [6.45, 7) is 4.08. The predicted octanol–water partition coefficient (Wildman–Crippen LogP) is 1.70. The van der Waals surface area contributed by atoms with Crippen LogP contribution in [0.1, 0.15) is 35.8 Å². The zero-order valence-electron chi connectivity index (χ0n) is 12.3. The van der Waals surface area contributed by atoms with Gasteiger partial charge in [-0.25, -0.2) is 0 Å². The summed E-state index contributed by atoms with van der Waals surface area (Å²) in [6.07, 6.45) is 4.06. The van der Waals surface area contributed by atoms with Gasteiger partial charge in [0.25, 0.3) is 11.8 Å². The van der Waals surface area contributed by atoms with E-state index in [0.717, 1.165) is 17.0 Å². The summed E-state index contributed by atoms with van der Waals surface area (Å²) in [7, 11) is 1.56. The van der Waals surface area contributed by atoms with Crippen molar-refractivity contribution in [3.63, 3.8) is 0 Å². The van der Waals surface area contributed by atoms with Crippen molar-refractivity contribution >= 4 is 35.2 Å². The number of aromatic nitrogens is 1. The highest BCUT2D eigenvalue weighted by atomic mass is 32.1. The van der Waals surface area contributed by atoms with Crippen LogP contribution in [0.25, 0.3) is 6.08 Å². The molecule has 0 unspecified atom stereocenters. The summed E-state index contributed by atoms with van der Waals surface area (Å²) in [5.74, 6) is -0.792. The molecule has 1 saturated carbocycles. The Bertz CT molecular complexity index is 698. The van der Waals surface area contributed by atoms with E-state index >= 15 is 0 Å². The lowest BCUT2D eigenvalue weighted by Crippen LogP contribution is -2.52. The summed E-state index contributed by atoms with van der Waals surface area (Å²) in [5.41, 5.74) is 3.30. The molecule has 2 fully saturated rings. The van der Waals surface area contributed by atoms with E-state index < -0.39 is 5.91 Å². The third-order valence-corrected chi connectivity index (χ3v) is 4.42. The minimum Gasteiger partial charge on any atom is -0.346 e. The number of likely N-dealkylation sites (N-methyl/N-ethyl adjacent to an activating group) is 1. The molecule has 0 atom stereocenters. The van der Waals surface area contributed by atoms with Gasteiger partial charge >= 0.3 is 0 Å². The summed E-state index contributed by atoms with van der Waals surface area (Å²) < 4.78 is 2.28. The Morgan fingerprint density at radius 1 is 1.33 bits per heavy atom. The molecule has 0 spiro atoms. The molecule has 6 heteroatoms. The molecule has 1 aliphatic heterocycles. The van der Waals surface area contributed by atoms with Gasteiger partial charge in [-0.3, -0.25) is 19.8 Å². The summed E-state index contributed by atoms with van der Waals surface area (Å²) in [4.78, 5) is 25.5. The Balaban J connectivity index is 2.01. The minimum absolute atomic E-state index is 0.127. The van der Waals surface area contributed by atoms with Gasteiger partial charge < -0.3 is 4.57 Å². The lowest BCUT2D eigenvalue weighted by Gasteiger charge is -2.25. The van der Waals surface area contributed by atoms with E-state index in [0.29, 0.717) is 6.04 Å². The van der Waals surface area contributed by atoms with Gasteiger partial charge in [-0.15, -0.1) is 0 Å². The van der Waals surface area contributed by atoms with Crippen LogP contribution in [0.5, 0.6) is 0 Å². The molecule has 1 aromatic heterocycles. The van der Waals surface area contributed by atoms with Crippen molar-refractivity contribution in [1.82, 2.24) is 14.8 Å². The van der Waals surface area contributed by atoms with Crippen molar-refractivity contribution in [1.29, 1.82) is 0 Å². The van der Waals surface area contributed by atoms with Crippen LogP contribution in [0.2, 0.25) is 0 Å². The zero-order chi connectivity index (χ0) is 15.3. The van der Waals surface area contributed by atoms with E-state index in [1.165, 1.54) is 17.7 Å². The van der Waals surface area contributed by atoms with E-state index in [2.05, 4.69) is 16.8 Å². The number of nitrogens with zero attached hydrogens (tertiary/aromatic N) is 2. The zero-order valence-corrected chi connectivity index (χ0v) is 13.1. The van der Waals surface area contributed by atoms with E-state index in [1.807, 2.05) is 13.0 Å². The Kier molecular flexibility index (Phi) is 3.20. The number of aryl methyl sites for hydroxylation is 1. The molecule has 21 heavy (non-hydrogen) atoms. The molecule has 0 radical (unpaired) electrons. The first kappa shape index (κ1) is 14.0. The molecule has 1 aliphatic carbocycles. The molecule has 2 aliphatic rings. The third kappa shape index (κ3) is 2.29. The van der Waals surface area contributed by atoms with Crippen LogP contribution in [0.4, 0.5) is 0 Å². The molecule has 2 amide bonds. The maximum absolute atomic E-state index is 12.2. The van der Waals surface area contributed by atoms with Crippen molar-refractivity contribution in [2.24, 2.45) is 0 Å². The lowest BCUT2D eigenvalue weighted by atomic mass is 10.1. The maximum atomic E-state index is 12.2. The monoisotopic (exact) mass is 303 g/mol. The molecular formula is C15H17N3O2S. The minimum atomic E-state index is -0.431. The maximum Gasteiger partial charge on any atom is 0.265 e. The van der Waals surface area contributed by atoms with Crippen LogP contribution >= 0.6 is 12.2 Å². The highest BCUT2D eigenvalue weighted by Gasteiger charge is 2.32. The Morgan fingerprint density at radius 2 is 2.00 bits per heavy atom. The second-order valence-electron chi connectivity index (χ2n) is 5.61. The molecule has 0 bridgehead atoms. The van der Waals surface area contributed by atoms with Gasteiger partial charge in [-0.1, -0.05) is 0 Å². The van der Waals surface area contributed by atoms with Gasteiger partial charge in [0, 0.05) is 24.5 Å². The number of thiocarbonyl (C=S) groups is 1. The molecule has 3 rings (SSSR count). The van der Waals surface area contributed by atoms with Crippen LogP contribution < -0.4 is 5.32 Å². The van der Waals surface area contributed by atoms with Crippen molar-refractivity contribution in [2.45, 2.75) is 32.7 Å². The first-order valence-corrected chi connectivity index (χ1v) is 7.34. The molecule has 0 aromatic carbocycles. The van der Waals surface area contributed by atoms with Crippen LogP contribution in [-0.2, 0) is 9.59 Å². The number of hydrogen-bond acceptors (Lipinski definition) is 3. The van der Waals surface area contributed by atoms with Gasteiger partial charge in [0.05, 0.1) is 0 Å². The van der Waals surface area contributed by atoms with Crippen molar-refractivity contribution < 1.29 is 9.59 Å². The highest BCUT2D eigenvalue weighted by Crippen LogP contribution is 2.38. The van der Waals surface area contributed by atoms with Gasteiger partial charge in [0.15, 0.2) is 5.11 Å². The van der Waals surface area contributed by atoms with Gasteiger partial charge in [0.2, 0.25) is 0 Å². The fourth-order valence-corrected chi connectivity index (χ4v) is 2.92. The summed E-state index contributed by atoms with van der Waals surface area (Å²) in [6, 6.07) is 2.59. The van der Waals surface area contributed by atoms with E-state index in [-0.39, 0.29) is 16.6 Å². The first-order chi connectivity index (χ1) is 9.90. The predicted molar refractivity (Wildman–Crippen MR) is 83.7 cm³/mol. The fourth-order valence-electron chi connectivity index (χ4n) is 2.74. The van der Waals surface area contributed by atoms with Gasteiger partial charge in [-0.05, 0) is 56.6 Å². The van der Waals surface area contributed by atoms with E-state index in [4.69, 9.17) is 12.2 Å². The fraction of sp³-hybridized carbons (Fsp3) is 0.400.